The molecule has 1 fully saturated rings. The van der Waals surface area contributed by atoms with Crippen LogP contribution in [0.1, 0.15) is 30.9 Å². The summed E-state index contributed by atoms with van der Waals surface area (Å²) in [5.74, 6) is 0.941. The number of carbonyl (C=O) groups is 1. The first-order valence-electron chi connectivity index (χ1n) is 6.83. The minimum absolute atomic E-state index is 0.0594. The van der Waals surface area contributed by atoms with Gasteiger partial charge in [0.05, 0.1) is 6.04 Å². The Labute approximate surface area is 108 Å². The molecule has 0 saturated heterocycles. The lowest BCUT2D eigenvalue weighted by atomic mass is 9.81. The summed E-state index contributed by atoms with van der Waals surface area (Å²) in [6, 6.07) is 8.71. The number of rotatable bonds is 2. The summed E-state index contributed by atoms with van der Waals surface area (Å²) in [6.45, 7) is 3.03. The highest BCUT2D eigenvalue weighted by atomic mass is 16.2. The minimum Gasteiger partial charge on any atom is -0.352 e. The van der Waals surface area contributed by atoms with E-state index in [1.165, 1.54) is 11.1 Å². The second-order valence-corrected chi connectivity index (χ2v) is 5.69. The molecule has 2 aliphatic rings. The van der Waals surface area contributed by atoms with Crippen LogP contribution in [-0.4, -0.2) is 18.0 Å². The molecule has 3 nitrogen and oxygen atoms in total. The Kier molecular flexibility index (Phi) is 3.08. The third kappa shape index (κ3) is 2.27. The zero-order valence-electron chi connectivity index (χ0n) is 10.8. The van der Waals surface area contributed by atoms with E-state index in [1.807, 2.05) is 6.07 Å². The Morgan fingerprint density at radius 3 is 2.72 bits per heavy atom. The number of hydrogen-bond acceptors (Lipinski definition) is 2. The largest absolute Gasteiger partial charge is 0.352 e. The van der Waals surface area contributed by atoms with Crippen LogP contribution in [0.5, 0.6) is 0 Å². The predicted molar refractivity (Wildman–Crippen MR) is 71.1 cm³/mol. The Balaban J connectivity index is 1.60. The lowest BCUT2D eigenvalue weighted by Gasteiger charge is -2.35. The van der Waals surface area contributed by atoms with E-state index in [2.05, 4.69) is 35.8 Å². The summed E-state index contributed by atoms with van der Waals surface area (Å²) in [5.41, 5.74) is 2.62. The van der Waals surface area contributed by atoms with Gasteiger partial charge >= 0.3 is 0 Å². The zero-order chi connectivity index (χ0) is 12.5. The minimum atomic E-state index is -0.0594. The van der Waals surface area contributed by atoms with E-state index in [0.29, 0.717) is 6.04 Å². The fourth-order valence-electron chi connectivity index (χ4n) is 2.96. The van der Waals surface area contributed by atoms with Crippen molar-refractivity contribution in [3.8, 4) is 0 Å². The second-order valence-electron chi connectivity index (χ2n) is 5.69. The first kappa shape index (κ1) is 11.7. The summed E-state index contributed by atoms with van der Waals surface area (Å²) in [7, 11) is 0. The van der Waals surface area contributed by atoms with Gasteiger partial charge in [-0.2, -0.15) is 0 Å². The van der Waals surface area contributed by atoms with Crippen LogP contribution in [-0.2, 0) is 17.8 Å². The van der Waals surface area contributed by atoms with Crippen LogP contribution in [0.3, 0.4) is 0 Å². The molecule has 1 aliphatic heterocycles. The molecule has 3 heteroatoms. The van der Waals surface area contributed by atoms with Gasteiger partial charge in [-0.05, 0) is 36.3 Å². The molecular weight excluding hydrogens is 224 g/mol. The van der Waals surface area contributed by atoms with Crippen LogP contribution < -0.4 is 10.6 Å². The van der Waals surface area contributed by atoms with Crippen LogP contribution in [0.4, 0.5) is 0 Å². The molecule has 1 unspecified atom stereocenters. The maximum absolute atomic E-state index is 12.1. The van der Waals surface area contributed by atoms with Crippen molar-refractivity contribution in [3.05, 3.63) is 35.4 Å². The number of hydrogen-bond donors (Lipinski definition) is 2. The molecule has 1 amide bonds. The van der Waals surface area contributed by atoms with Crippen molar-refractivity contribution in [1.82, 2.24) is 10.6 Å². The second kappa shape index (κ2) is 4.73. The molecule has 0 aromatic heterocycles. The molecule has 0 bridgehead atoms. The predicted octanol–water partition coefficient (Wildman–Crippen LogP) is 1.62. The average Bonchev–Trinajstić information content (AvgIpc) is 2.36. The van der Waals surface area contributed by atoms with Crippen molar-refractivity contribution >= 4 is 5.91 Å². The van der Waals surface area contributed by atoms with E-state index in [9.17, 15) is 4.79 Å². The van der Waals surface area contributed by atoms with Crippen molar-refractivity contribution in [1.29, 1.82) is 0 Å². The fraction of sp³-hybridized carbons (Fsp3) is 0.533. The summed E-state index contributed by atoms with van der Waals surface area (Å²) >= 11 is 0. The quantitative estimate of drug-likeness (QED) is 0.830. The standard InChI is InChI=1S/C15H20N2O/c1-10-6-13(7-10)17-15(18)14-8-11-4-2-3-5-12(11)9-16-14/h2-5,10,13-14,16H,6-9H2,1H3,(H,17,18). The van der Waals surface area contributed by atoms with Crippen LogP contribution in [0.25, 0.3) is 0 Å². The van der Waals surface area contributed by atoms with Crippen molar-refractivity contribution in [2.45, 2.75) is 44.8 Å². The molecule has 0 radical (unpaired) electrons. The molecule has 18 heavy (non-hydrogen) atoms. The van der Waals surface area contributed by atoms with Gasteiger partial charge in [0, 0.05) is 12.6 Å². The monoisotopic (exact) mass is 244 g/mol. The summed E-state index contributed by atoms with van der Waals surface area (Å²) < 4.78 is 0. The highest BCUT2D eigenvalue weighted by Crippen LogP contribution is 2.26. The molecule has 0 spiro atoms. The zero-order valence-corrected chi connectivity index (χ0v) is 10.8. The van der Waals surface area contributed by atoms with E-state index in [-0.39, 0.29) is 11.9 Å². The van der Waals surface area contributed by atoms with E-state index in [1.54, 1.807) is 0 Å². The Morgan fingerprint density at radius 2 is 2.00 bits per heavy atom. The third-order valence-electron chi connectivity index (χ3n) is 4.12. The van der Waals surface area contributed by atoms with E-state index in [0.717, 1.165) is 31.7 Å². The first-order valence-corrected chi connectivity index (χ1v) is 6.83. The van der Waals surface area contributed by atoms with Gasteiger partial charge in [0.15, 0.2) is 0 Å². The summed E-state index contributed by atoms with van der Waals surface area (Å²) in [4.78, 5) is 12.1. The smallest absolute Gasteiger partial charge is 0.237 e. The maximum Gasteiger partial charge on any atom is 0.237 e. The van der Waals surface area contributed by atoms with Crippen molar-refractivity contribution < 1.29 is 4.79 Å². The Hall–Kier alpha value is -1.35. The van der Waals surface area contributed by atoms with Crippen molar-refractivity contribution in [3.63, 3.8) is 0 Å². The topological polar surface area (TPSA) is 41.1 Å². The van der Waals surface area contributed by atoms with Gasteiger partial charge in [-0.1, -0.05) is 31.2 Å². The van der Waals surface area contributed by atoms with E-state index < -0.39 is 0 Å². The van der Waals surface area contributed by atoms with Crippen LogP contribution in [0, 0.1) is 5.92 Å². The van der Waals surface area contributed by atoms with Crippen LogP contribution >= 0.6 is 0 Å². The molecule has 1 atom stereocenters. The van der Waals surface area contributed by atoms with Gasteiger partial charge in [-0.3, -0.25) is 4.79 Å². The molecular formula is C15H20N2O. The Bertz CT molecular complexity index is 452. The highest BCUT2D eigenvalue weighted by molar-refractivity contribution is 5.82. The number of carbonyl (C=O) groups excluding carboxylic acids is 1. The summed E-state index contributed by atoms with van der Waals surface area (Å²) in [6.07, 6.45) is 3.08. The molecule has 1 heterocycles. The molecule has 1 aliphatic carbocycles. The van der Waals surface area contributed by atoms with Crippen molar-refractivity contribution in [2.24, 2.45) is 5.92 Å². The number of benzene rings is 1. The van der Waals surface area contributed by atoms with Gasteiger partial charge in [-0.25, -0.2) is 0 Å². The van der Waals surface area contributed by atoms with Crippen molar-refractivity contribution in [2.75, 3.05) is 0 Å². The molecule has 96 valence electrons. The molecule has 1 aromatic rings. The summed E-state index contributed by atoms with van der Waals surface area (Å²) in [5, 5.41) is 6.47. The van der Waals surface area contributed by atoms with E-state index in [4.69, 9.17) is 0 Å². The SMILES string of the molecule is CC1CC(NC(=O)C2Cc3ccccc3CN2)C1. The molecule has 3 rings (SSSR count). The van der Waals surface area contributed by atoms with Gasteiger partial charge in [0.2, 0.25) is 5.91 Å². The lowest BCUT2D eigenvalue weighted by molar-refractivity contribution is -0.124. The van der Waals surface area contributed by atoms with E-state index >= 15 is 0 Å². The van der Waals surface area contributed by atoms with Crippen LogP contribution in [0.15, 0.2) is 24.3 Å². The number of fused-ring (bicyclic) bond motifs is 1. The van der Waals surface area contributed by atoms with Gasteiger partial charge in [0.25, 0.3) is 0 Å². The fourth-order valence-corrected chi connectivity index (χ4v) is 2.96. The highest BCUT2D eigenvalue weighted by Gasteiger charge is 2.30. The molecule has 1 aromatic carbocycles. The molecule has 2 N–H and O–H groups in total. The number of nitrogens with one attached hydrogen (secondary N) is 2. The number of amides is 1. The normalized spacial score (nSPS) is 30.2. The maximum atomic E-state index is 12.1. The Morgan fingerprint density at radius 1 is 1.28 bits per heavy atom. The average molecular weight is 244 g/mol. The van der Waals surface area contributed by atoms with Gasteiger partial charge in [-0.15, -0.1) is 0 Å². The van der Waals surface area contributed by atoms with Gasteiger partial charge < -0.3 is 10.6 Å². The van der Waals surface area contributed by atoms with Gasteiger partial charge in [0.1, 0.15) is 0 Å². The first-order chi connectivity index (χ1) is 8.72. The molecule has 1 saturated carbocycles. The lowest BCUT2D eigenvalue weighted by Crippen LogP contribution is -2.53. The van der Waals surface area contributed by atoms with Crippen LogP contribution in [0.2, 0.25) is 0 Å². The third-order valence-corrected chi connectivity index (χ3v) is 4.12.